The van der Waals surface area contributed by atoms with E-state index in [9.17, 15) is 4.79 Å². The maximum absolute atomic E-state index is 12.0. The number of carbonyl (C=O) groups excluding carboxylic acids is 1. The zero-order valence-corrected chi connectivity index (χ0v) is 12.7. The molecule has 0 aliphatic carbocycles. The lowest BCUT2D eigenvalue weighted by molar-refractivity contribution is 0.102. The zero-order valence-electron chi connectivity index (χ0n) is 11.1. The molecule has 0 unspecified atom stereocenters. The van der Waals surface area contributed by atoms with E-state index < -0.39 is 0 Å². The summed E-state index contributed by atoms with van der Waals surface area (Å²) in [4.78, 5) is 12.0. The second kappa shape index (κ2) is 6.47. The van der Waals surface area contributed by atoms with Crippen LogP contribution >= 0.6 is 15.9 Å². The number of anilines is 1. The van der Waals surface area contributed by atoms with Crippen molar-refractivity contribution in [1.29, 1.82) is 0 Å². The van der Waals surface area contributed by atoms with Gasteiger partial charge in [-0.2, -0.15) is 0 Å². The Balaban J connectivity index is 2.19. The molecule has 0 spiro atoms. The molecule has 0 radical (unpaired) electrons. The van der Waals surface area contributed by atoms with Gasteiger partial charge >= 0.3 is 0 Å². The number of halogens is 1. The number of furan rings is 1. The van der Waals surface area contributed by atoms with Crippen LogP contribution in [0.5, 0.6) is 11.5 Å². The van der Waals surface area contributed by atoms with Crippen molar-refractivity contribution < 1.29 is 18.7 Å². The standard InChI is InChI=1S/C14H14BrNO4/c1-3-19-12-8-9(4-5-11(12)18-2)16-14(17)10-6-7-20-13(10)15/h4-8H,3H2,1-2H3,(H,16,17). The third kappa shape index (κ3) is 3.14. The van der Waals surface area contributed by atoms with E-state index in [1.54, 1.807) is 31.4 Å². The van der Waals surface area contributed by atoms with Crippen LogP contribution in [0.15, 0.2) is 39.6 Å². The van der Waals surface area contributed by atoms with E-state index in [-0.39, 0.29) is 5.91 Å². The van der Waals surface area contributed by atoms with Crippen LogP contribution in [0.1, 0.15) is 17.3 Å². The molecule has 6 heteroatoms. The monoisotopic (exact) mass is 339 g/mol. The summed E-state index contributed by atoms with van der Waals surface area (Å²) in [7, 11) is 1.57. The first kappa shape index (κ1) is 14.5. The Kier molecular flexibility index (Phi) is 4.68. The fourth-order valence-corrected chi connectivity index (χ4v) is 2.10. The van der Waals surface area contributed by atoms with Gasteiger partial charge < -0.3 is 19.2 Å². The number of carbonyl (C=O) groups is 1. The summed E-state index contributed by atoms with van der Waals surface area (Å²) >= 11 is 3.17. The fraction of sp³-hybridized carbons (Fsp3) is 0.214. The molecule has 0 aliphatic rings. The summed E-state index contributed by atoms with van der Waals surface area (Å²) in [5.74, 6) is 0.937. The molecular weight excluding hydrogens is 326 g/mol. The fourth-order valence-electron chi connectivity index (χ4n) is 1.68. The van der Waals surface area contributed by atoms with Crippen LogP contribution in [0.3, 0.4) is 0 Å². The van der Waals surface area contributed by atoms with E-state index in [4.69, 9.17) is 13.9 Å². The van der Waals surface area contributed by atoms with Crippen molar-refractivity contribution in [2.24, 2.45) is 0 Å². The van der Waals surface area contributed by atoms with E-state index in [1.165, 1.54) is 6.26 Å². The SMILES string of the molecule is CCOc1cc(NC(=O)c2ccoc2Br)ccc1OC. The number of amides is 1. The number of benzene rings is 1. The van der Waals surface area contributed by atoms with Gasteiger partial charge in [0.05, 0.1) is 25.5 Å². The van der Waals surface area contributed by atoms with Crippen molar-refractivity contribution >= 4 is 27.5 Å². The van der Waals surface area contributed by atoms with Gasteiger partial charge in [-0.05, 0) is 41.1 Å². The van der Waals surface area contributed by atoms with Crippen LogP contribution in [-0.2, 0) is 0 Å². The molecule has 0 atom stereocenters. The molecule has 1 heterocycles. The van der Waals surface area contributed by atoms with Gasteiger partial charge in [-0.15, -0.1) is 0 Å². The summed E-state index contributed by atoms with van der Waals surface area (Å²) in [6.45, 7) is 2.40. The molecule has 5 nitrogen and oxygen atoms in total. The van der Waals surface area contributed by atoms with Crippen molar-refractivity contribution in [1.82, 2.24) is 0 Å². The van der Waals surface area contributed by atoms with Gasteiger partial charge in [0.1, 0.15) is 0 Å². The van der Waals surface area contributed by atoms with Gasteiger partial charge in [0.15, 0.2) is 16.2 Å². The number of nitrogens with one attached hydrogen (secondary N) is 1. The Morgan fingerprint density at radius 3 is 2.75 bits per heavy atom. The van der Waals surface area contributed by atoms with Crippen molar-refractivity contribution in [3.05, 3.63) is 40.8 Å². The Hall–Kier alpha value is -1.95. The maximum Gasteiger partial charge on any atom is 0.260 e. The van der Waals surface area contributed by atoms with Crippen LogP contribution in [-0.4, -0.2) is 19.6 Å². The lowest BCUT2D eigenvalue weighted by Crippen LogP contribution is -2.11. The van der Waals surface area contributed by atoms with Crippen LogP contribution in [0, 0.1) is 0 Å². The number of rotatable bonds is 5. The van der Waals surface area contributed by atoms with E-state index in [0.717, 1.165) is 0 Å². The molecule has 2 aromatic rings. The number of methoxy groups -OCH3 is 1. The van der Waals surface area contributed by atoms with Gasteiger partial charge in [-0.25, -0.2) is 0 Å². The molecular formula is C14H14BrNO4. The summed E-state index contributed by atoms with van der Waals surface area (Å²) in [5.41, 5.74) is 1.05. The first-order chi connectivity index (χ1) is 9.65. The molecule has 0 bridgehead atoms. The van der Waals surface area contributed by atoms with Crippen molar-refractivity contribution in [2.45, 2.75) is 6.92 Å². The topological polar surface area (TPSA) is 60.7 Å². The van der Waals surface area contributed by atoms with E-state index in [2.05, 4.69) is 21.2 Å². The molecule has 1 aromatic carbocycles. The third-order valence-corrected chi connectivity index (χ3v) is 3.20. The Bertz CT molecular complexity index is 609. The van der Waals surface area contributed by atoms with Crippen LogP contribution in [0.25, 0.3) is 0 Å². The smallest absolute Gasteiger partial charge is 0.260 e. The number of ether oxygens (including phenoxy) is 2. The Morgan fingerprint density at radius 2 is 2.15 bits per heavy atom. The molecule has 1 aromatic heterocycles. The minimum Gasteiger partial charge on any atom is -0.493 e. The van der Waals surface area contributed by atoms with Gasteiger partial charge in [0, 0.05) is 11.8 Å². The van der Waals surface area contributed by atoms with Gasteiger partial charge in [0.2, 0.25) is 0 Å². The predicted molar refractivity (Wildman–Crippen MR) is 78.5 cm³/mol. The minimum atomic E-state index is -0.266. The molecule has 2 rings (SSSR count). The summed E-state index contributed by atoms with van der Waals surface area (Å²) in [5, 5.41) is 2.77. The molecule has 20 heavy (non-hydrogen) atoms. The van der Waals surface area contributed by atoms with E-state index >= 15 is 0 Å². The van der Waals surface area contributed by atoms with E-state index in [1.807, 2.05) is 6.92 Å². The predicted octanol–water partition coefficient (Wildman–Crippen LogP) is 3.70. The quantitative estimate of drug-likeness (QED) is 0.902. The Morgan fingerprint density at radius 1 is 1.35 bits per heavy atom. The second-order valence-corrected chi connectivity index (χ2v) is 4.58. The van der Waals surface area contributed by atoms with Crippen molar-refractivity contribution in [3.63, 3.8) is 0 Å². The van der Waals surface area contributed by atoms with Gasteiger partial charge in [-0.3, -0.25) is 4.79 Å². The summed E-state index contributed by atoms with van der Waals surface area (Å²) in [6, 6.07) is 6.79. The first-order valence-electron chi connectivity index (χ1n) is 6.01. The highest BCUT2D eigenvalue weighted by Gasteiger charge is 2.14. The average Bonchev–Trinajstić information content (AvgIpc) is 2.86. The molecule has 0 aliphatic heterocycles. The van der Waals surface area contributed by atoms with Crippen LogP contribution < -0.4 is 14.8 Å². The van der Waals surface area contributed by atoms with Crippen LogP contribution in [0.2, 0.25) is 0 Å². The van der Waals surface area contributed by atoms with E-state index in [0.29, 0.717) is 34.0 Å². The molecule has 1 N–H and O–H groups in total. The largest absolute Gasteiger partial charge is 0.493 e. The number of hydrogen-bond acceptors (Lipinski definition) is 4. The highest BCUT2D eigenvalue weighted by Crippen LogP contribution is 2.30. The van der Waals surface area contributed by atoms with Crippen molar-refractivity contribution in [3.8, 4) is 11.5 Å². The van der Waals surface area contributed by atoms with Crippen LogP contribution in [0.4, 0.5) is 5.69 Å². The lowest BCUT2D eigenvalue weighted by Gasteiger charge is -2.11. The lowest BCUT2D eigenvalue weighted by atomic mass is 10.2. The molecule has 1 amide bonds. The zero-order chi connectivity index (χ0) is 14.5. The second-order valence-electron chi connectivity index (χ2n) is 3.86. The van der Waals surface area contributed by atoms with Gasteiger partial charge in [-0.1, -0.05) is 0 Å². The first-order valence-corrected chi connectivity index (χ1v) is 6.80. The highest BCUT2D eigenvalue weighted by molar-refractivity contribution is 9.10. The van der Waals surface area contributed by atoms with Crippen molar-refractivity contribution in [2.75, 3.05) is 19.0 Å². The molecule has 0 fully saturated rings. The molecule has 0 saturated carbocycles. The highest BCUT2D eigenvalue weighted by atomic mass is 79.9. The van der Waals surface area contributed by atoms with Gasteiger partial charge in [0.25, 0.3) is 5.91 Å². The molecule has 0 saturated heterocycles. The molecule has 106 valence electrons. The maximum atomic E-state index is 12.0. The Labute approximate surface area is 125 Å². The number of hydrogen-bond donors (Lipinski definition) is 1. The normalized spacial score (nSPS) is 10.2. The average molecular weight is 340 g/mol. The summed E-state index contributed by atoms with van der Waals surface area (Å²) < 4.78 is 16.1. The third-order valence-electron chi connectivity index (χ3n) is 2.58. The summed E-state index contributed by atoms with van der Waals surface area (Å²) in [6.07, 6.45) is 1.44. The minimum absolute atomic E-state index is 0.266.